The van der Waals surface area contributed by atoms with Gasteiger partial charge in [0, 0.05) is 18.8 Å². The highest BCUT2D eigenvalue weighted by Crippen LogP contribution is 2.30. The fraction of sp³-hybridized carbons (Fsp3) is 0.600. The van der Waals surface area contributed by atoms with Crippen LogP contribution in [-0.4, -0.2) is 25.8 Å². The first-order valence-corrected chi connectivity index (χ1v) is 8.60. The molecule has 0 saturated heterocycles. The van der Waals surface area contributed by atoms with Crippen molar-refractivity contribution in [2.24, 2.45) is 5.92 Å². The second-order valence-corrected chi connectivity index (χ2v) is 8.01. The smallest absolute Gasteiger partial charge is 0.243 e. The van der Waals surface area contributed by atoms with Gasteiger partial charge in [0.1, 0.15) is 0 Å². The summed E-state index contributed by atoms with van der Waals surface area (Å²) in [6.45, 7) is 4.09. The molecule has 0 aromatic heterocycles. The van der Waals surface area contributed by atoms with E-state index in [1.807, 2.05) is 6.92 Å². The van der Waals surface area contributed by atoms with E-state index < -0.39 is 10.0 Å². The lowest BCUT2D eigenvalue weighted by Gasteiger charge is -2.32. The third-order valence-electron chi connectivity index (χ3n) is 4.25. The molecule has 0 spiro atoms. The van der Waals surface area contributed by atoms with E-state index in [-0.39, 0.29) is 6.04 Å². The second kappa shape index (κ2) is 5.74. The van der Waals surface area contributed by atoms with E-state index in [0.717, 1.165) is 31.2 Å². The van der Waals surface area contributed by atoms with Crippen molar-refractivity contribution in [1.29, 1.82) is 0 Å². The minimum absolute atomic E-state index is 0.109. The van der Waals surface area contributed by atoms with Gasteiger partial charge in [-0.15, -0.1) is 0 Å². The van der Waals surface area contributed by atoms with E-state index in [2.05, 4.69) is 6.92 Å². The van der Waals surface area contributed by atoms with Crippen molar-refractivity contribution in [3.63, 3.8) is 0 Å². The standard InChI is InChI=1S/C15H24N2O2S/c1-11-4-6-14(7-5-11)17(3)20(18,19)15-9-12(2)8-13(16)10-15/h8-11,14H,4-7,16H2,1-3H3. The van der Waals surface area contributed by atoms with Gasteiger partial charge in [0.25, 0.3) is 0 Å². The van der Waals surface area contributed by atoms with Crippen LogP contribution in [0.1, 0.15) is 38.2 Å². The maximum absolute atomic E-state index is 12.7. The summed E-state index contributed by atoms with van der Waals surface area (Å²) in [5, 5.41) is 0. The third-order valence-corrected chi connectivity index (χ3v) is 6.14. The summed E-state index contributed by atoms with van der Waals surface area (Å²) in [6, 6.07) is 5.12. The normalized spacial score (nSPS) is 24.0. The molecule has 0 heterocycles. The van der Waals surface area contributed by atoms with Gasteiger partial charge in [-0.25, -0.2) is 8.42 Å². The van der Waals surface area contributed by atoms with Crippen LogP contribution in [0, 0.1) is 12.8 Å². The van der Waals surface area contributed by atoms with Gasteiger partial charge in [-0.3, -0.25) is 0 Å². The SMILES string of the molecule is Cc1cc(N)cc(S(=O)(=O)N(C)C2CCC(C)CC2)c1. The lowest BCUT2D eigenvalue weighted by molar-refractivity contribution is 0.246. The molecular formula is C15H24N2O2S. The first-order valence-electron chi connectivity index (χ1n) is 7.16. The zero-order chi connectivity index (χ0) is 14.9. The van der Waals surface area contributed by atoms with Crippen LogP contribution in [0.15, 0.2) is 23.1 Å². The highest BCUT2D eigenvalue weighted by atomic mass is 32.2. The van der Waals surface area contributed by atoms with E-state index in [1.54, 1.807) is 25.2 Å². The predicted molar refractivity (Wildman–Crippen MR) is 82.0 cm³/mol. The van der Waals surface area contributed by atoms with E-state index >= 15 is 0 Å². The maximum Gasteiger partial charge on any atom is 0.243 e. The highest BCUT2D eigenvalue weighted by Gasteiger charge is 2.30. The number of rotatable bonds is 3. The molecule has 1 fully saturated rings. The summed E-state index contributed by atoms with van der Waals surface area (Å²) >= 11 is 0. The Bertz CT molecular complexity index is 555. The Kier molecular flexibility index (Phi) is 4.39. The van der Waals surface area contributed by atoms with Gasteiger partial charge < -0.3 is 5.73 Å². The van der Waals surface area contributed by atoms with Gasteiger partial charge in [-0.1, -0.05) is 6.92 Å². The predicted octanol–water partition coefficient (Wildman–Crippen LogP) is 2.78. The largest absolute Gasteiger partial charge is 0.399 e. The monoisotopic (exact) mass is 296 g/mol. The van der Waals surface area contributed by atoms with Crippen LogP contribution in [0.2, 0.25) is 0 Å². The molecule has 0 bridgehead atoms. The van der Waals surface area contributed by atoms with Crippen molar-refractivity contribution in [2.75, 3.05) is 12.8 Å². The van der Waals surface area contributed by atoms with Crippen molar-refractivity contribution in [3.8, 4) is 0 Å². The number of hydrogen-bond donors (Lipinski definition) is 1. The van der Waals surface area contributed by atoms with Gasteiger partial charge >= 0.3 is 0 Å². The minimum Gasteiger partial charge on any atom is -0.399 e. The van der Waals surface area contributed by atoms with Crippen LogP contribution >= 0.6 is 0 Å². The molecule has 2 rings (SSSR count). The quantitative estimate of drug-likeness (QED) is 0.872. The van der Waals surface area contributed by atoms with E-state index in [4.69, 9.17) is 5.73 Å². The number of aryl methyl sites for hydroxylation is 1. The number of nitrogen functional groups attached to an aromatic ring is 1. The van der Waals surface area contributed by atoms with Gasteiger partial charge in [-0.2, -0.15) is 4.31 Å². The first kappa shape index (κ1) is 15.3. The Morgan fingerprint density at radius 2 is 1.75 bits per heavy atom. The van der Waals surface area contributed by atoms with Crippen LogP contribution in [0.4, 0.5) is 5.69 Å². The number of sulfonamides is 1. The summed E-state index contributed by atoms with van der Waals surface area (Å²) in [5.41, 5.74) is 7.13. The molecule has 2 N–H and O–H groups in total. The molecule has 1 aliphatic carbocycles. The number of anilines is 1. The van der Waals surface area contributed by atoms with Crippen LogP contribution in [-0.2, 0) is 10.0 Å². The first-order chi connectivity index (χ1) is 9.30. The number of nitrogens with two attached hydrogens (primary N) is 1. The van der Waals surface area contributed by atoms with Crippen molar-refractivity contribution in [1.82, 2.24) is 4.31 Å². The van der Waals surface area contributed by atoms with Gasteiger partial charge in [0.05, 0.1) is 4.90 Å². The molecule has 0 amide bonds. The van der Waals surface area contributed by atoms with Gasteiger partial charge in [-0.05, 0) is 62.3 Å². The Hall–Kier alpha value is -1.07. The summed E-state index contributed by atoms with van der Waals surface area (Å²) in [4.78, 5) is 0.302. The molecule has 1 aromatic carbocycles. The zero-order valence-electron chi connectivity index (χ0n) is 12.5. The van der Waals surface area contributed by atoms with Gasteiger partial charge in [0.15, 0.2) is 0 Å². The molecule has 0 atom stereocenters. The zero-order valence-corrected chi connectivity index (χ0v) is 13.3. The molecule has 20 heavy (non-hydrogen) atoms. The van der Waals surface area contributed by atoms with E-state index in [9.17, 15) is 8.42 Å². The lowest BCUT2D eigenvalue weighted by Crippen LogP contribution is -2.39. The molecule has 4 nitrogen and oxygen atoms in total. The fourth-order valence-corrected chi connectivity index (χ4v) is 4.45. The average molecular weight is 296 g/mol. The molecular weight excluding hydrogens is 272 g/mol. The Morgan fingerprint density at radius 1 is 1.15 bits per heavy atom. The number of nitrogens with zero attached hydrogens (tertiary/aromatic N) is 1. The Balaban J connectivity index is 2.25. The minimum atomic E-state index is -3.45. The van der Waals surface area contributed by atoms with Gasteiger partial charge in [0.2, 0.25) is 10.0 Å². The Morgan fingerprint density at radius 3 is 2.30 bits per heavy atom. The second-order valence-electron chi connectivity index (χ2n) is 6.01. The van der Waals surface area contributed by atoms with Crippen LogP contribution in [0.25, 0.3) is 0 Å². The van der Waals surface area contributed by atoms with Crippen LogP contribution in [0.5, 0.6) is 0 Å². The van der Waals surface area contributed by atoms with Crippen molar-refractivity contribution < 1.29 is 8.42 Å². The maximum atomic E-state index is 12.7. The molecule has 1 aromatic rings. The molecule has 0 aliphatic heterocycles. The van der Waals surface area contributed by atoms with E-state index in [1.165, 1.54) is 4.31 Å². The number of benzene rings is 1. The topological polar surface area (TPSA) is 63.4 Å². The molecule has 1 saturated carbocycles. The fourth-order valence-electron chi connectivity index (χ4n) is 2.89. The lowest BCUT2D eigenvalue weighted by atomic mass is 9.87. The van der Waals surface area contributed by atoms with Crippen LogP contribution < -0.4 is 5.73 Å². The third kappa shape index (κ3) is 3.15. The van der Waals surface area contributed by atoms with E-state index in [0.29, 0.717) is 16.5 Å². The average Bonchev–Trinajstić information content (AvgIpc) is 2.37. The Labute approximate surface area is 122 Å². The molecule has 0 unspecified atom stereocenters. The van der Waals surface area contributed by atoms with Crippen LogP contribution in [0.3, 0.4) is 0 Å². The van der Waals surface area contributed by atoms with Crippen molar-refractivity contribution in [2.45, 2.75) is 50.5 Å². The summed E-state index contributed by atoms with van der Waals surface area (Å²) < 4.78 is 26.9. The molecule has 0 radical (unpaired) electrons. The summed E-state index contributed by atoms with van der Waals surface area (Å²) in [7, 11) is -1.76. The summed E-state index contributed by atoms with van der Waals surface area (Å²) in [5.74, 6) is 0.706. The molecule has 1 aliphatic rings. The highest BCUT2D eigenvalue weighted by molar-refractivity contribution is 7.89. The van der Waals surface area contributed by atoms with Crippen molar-refractivity contribution >= 4 is 15.7 Å². The van der Waals surface area contributed by atoms with Crippen molar-refractivity contribution in [3.05, 3.63) is 23.8 Å². The number of hydrogen-bond acceptors (Lipinski definition) is 3. The summed E-state index contributed by atoms with van der Waals surface area (Å²) in [6.07, 6.45) is 4.08. The molecule has 112 valence electrons. The molecule has 5 heteroatoms.